The number of alkyl halides is 3. The monoisotopic (exact) mass is 626 g/mol. The number of benzene rings is 2. The van der Waals surface area contributed by atoms with E-state index in [4.69, 9.17) is 0 Å². The van der Waals surface area contributed by atoms with Crippen molar-refractivity contribution in [2.75, 3.05) is 18.4 Å². The Kier molecular flexibility index (Phi) is 7.75. The number of halogens is 3. The van der Waals surface area contributed by atoms with Gasteiger partial charge in [-0.05, 0) is 54.8 Å². The van der Waals surface area contributed by atoms with Gasteiger partial charge in [0.1, 0.15) is 6.33 Å². The number of hydrogen-bond acceptors (Lipinski definition) is 6. The zero-order valence-electron chi connectivity index (χ0n) is 23.6. The van der Waals surface area contributed by atoms with Gasteiger partial charge in [0.25, 0.3) is 10.0 Å². The lowest BCUT2D eigenvalue weighted by molar-refractivity contribution is -0.142. The van der Waals surface area contributed by atoms with Gasteiger partial charge in [-0.25, -0.2) is 13.4 Å². The summed E-state index contributed by atoms with van der Waals surface area (Å²) in [5, 5.41) is 11.2. The molecule has 44 heavy (non-hydrogen) atoms. The Bertz CT molecular complexity index is 1920. The number of imidazole rings is 1. The highest BCUT2D eigenvalue weighted by Gasteiger charge is 2.32. The largest absolute Gasteiger partial charge is 0.389 e. The molecule has 0 aliphatic carbocycles. The Morgan fingerprint density at radius 2 is 1.86 bits per heavy atom. The summed E-state index contributed by atoms with van der Waals surface area (Å²) in [4.78, 5) is 16.5. The van der Waals surface area contributed by atoms with E-state index in [0.717, 1.165) is 22.2 Å². The van der Waals surface area contributed by atoms with E-state index in [1.165, 1.54) is 15.1 Å². The van der Waals surface area contributed by atoms with Gasteiger partial charge in [0.05, 0.1) is 29.7 Å². The van der Waals surface area contributed by atoms with E-state index >= 15 is 0 Å². The number of aromatic nitrogens is 6. The van der Waals surface area contributed by atoms with E-state index in [0.29, 0.717) is 37.3 Å². The van der Waals surface area contributed by atoms with Crippen LogP contribution in [0.25, 0.3) is 27.8 Å². The number of sulfonamides is 1. The molecule has 2 aromatic carbocycles. The molecule has 0 spiro atoms. The third-order valence-electron chi connectivity index (χ3n) is 7.62. The van der Waals surface area contributed by atoms with Gasteiger partial charge in [-0.2, -0.15) is 27.7 Å². The molecule has 0 radical (unpaired) electrons. The summed E-state index contributed by atoms with van der Waals surface area (Å²) in [7, 11) is -1.95. The van der Waals surface area contributed by atoms with Crippen LogP contribution in [0.4, 0.5) is 18.9 Å². The van der Waals surface area contributed by atoms with Crippen LogP contribution >= 0.6 is 0 Å². The van der Waals surface area contributed by atoms with Crippen molar-refractivity contribution in [1.82, 2.24) is 33.4 Å². The summed E-state index contributed by atoms with van der Waals surface area (Å²) >= 11 is 0. The van der Waals surface area contributed by atoms with Crippen molar-refractivity contribution in [3.05, 3.63) is 73.4 Å². The van der Waals surface area contributed by atoms with Gasteiger partial charge < -0.3 is 5.32 Å². The van der Waals surface area contributed by atoms with Gasteiger partial charge in [0.2, 0.25) is 5.91 Å². The fourth-order valence-corrected chi connectivity index (χ4v) is 6.73. The molecule has 5 aromatic rings. The summed E-state index contributed by atoms with van der Waals surface area (Å²) in [6.07, 6.45) is 2.02. The second-order valence-electron chi connectivity index (χ2n) is 10.7. The number of nitrogens with one attached hydrogen (secondary N) is 1. The minimum atomic E-state index is -4.39. The number of amides is 1. The van der Waals surface area contributed by atoms with Crippen molar-refractivity contribution >= 4 is 32.7 Å². The third kappa shape index (κ3) is 6.24. The van der Waals surface area contributed by atoms with E-state index in [9.17, 15) is 26.4 Å². The number of nitrogens with zero attached hydrogens (tertiary/aromatic N) is 7. The first kappa shape index (κ1) is 29.6. The van der Waals surface area contributed by atoms with Crippen molar-refractivity contribution in [2.45, 2.75) is 42.9 Å². The highest BCUT2D eigenvalue weighted by Crippen LogP contribution is 2.30. The lowest BCUT2D eigenvalue weighted by atomic mass is 10.1. The van der Waals surface area contributed by atoms with Crippen molar-refractivity contribution < 1.29 is 26.4 Å². The summed E-state index contributed by atoms with van der Waals surface area (Å²) in [6.45, 7) is 0.751. The maximum atomic E-state index is 12.9. The number of hydrogen-bond donors (Lipinski definition) is 1. The van der Waals surface area contributed by atoms with Crippen molar-refractivity contribution in [3.8, 4) is 16.8 Å². The average molecular weight is 627 g/mol. The zero-order chi connectivity index (χ0) is 31.1. The number of carbonyl (C=O) groups excluding carboxylic acids is 1. The maximum absolute atomic E-state index is 12.9. The molecular weight excluding hydrogens is 597 g/mol. The minimum Gasteiger partial charge on any atom is -0.326 e. The number of piperidine rings is 1. The molecule has 0 atom stereocenters. The van der Waals surface area contributed by atoms with E-state index in [1.54, 1.807) is 44.0 Å². The van der Waals surface area contributed by atoms with Crippen molar-refractivity contribution in [2.24, 2.45) is 7.05 Å². The first-order chi connectivity index (χ1) is 21.0. The number of carbonyl (C=O) groups is 1. The molecule has 11 nitrogen and oxygen atoms in total. The van der Waals surface area contributed by atoms with Crippen LogP contribution in [0.2, 0.25) is 0 Å². The first-order valence-electron chi connectivity index (χ1n) is 13.9. The number of fused-ring (bicyclic) bond motifs is 1. The molecule has 1 amide bonds. The highest BCUT2D eigenvalue weighted by molar-refractivity contribution is 7.89. The molecule has 1 N–H and O–H groups in total. The topological polar surface area (TPSA) is 120 Å². The Morgan fingerprint density at radius 3 is 2.59 bits per heavy atom. The van der Waals surface area contributed by atoms with Gasteiger partial charge in [0, 0.05) is 55.9 Å². The Hall–Kier alpha value is -4.50. The lowest BCUT2D eigenvalue weighted by Crippen LogP contribution is -2.39. The second kappa shape index (κ2) is 11.5. The number of rotatable bonds is 8. The highest BCUT2D eigenvalue weighted by atomic mass is 32.2. The summed E-state index contributed by atoms with van der Waals surface area (Å²) in [6, 6.07) is 14.2. The maximum Gasteiger partial charge on any atom is 0.389 e. The van der Waals surface area contributed by atoms with Gasteiger partial charge in [-0.1, -0.05) is 12.1 Å². The smallest absolute Gasteiger partial charge is 0.326 e. The normalized spacial score (nSPS) is 15.2. The fourth-order valence-electron chi connectivity index (χ4n) is 5.31. The number of aryl methyl sites for hydroxylation is 1. The van der Waals surface area contributed by atoms with Gasteiger partial charge in [-0.3, -0.25) is 18.7 Å². The van der Waals surface area contributed by atoms with E-state index < -0.39 is 34.9 Å². The van der Waals surface area contributed by atoms with Crippen LogP contribution in [0.1, 0.15) is 31.7 Å². The summed E-state index contributed by atoms with van der Waals surface area (Å²) in [5.41, 5.74) is 4.42. The molecule has 3 aromatic heterocycles. The quantitative estimate of drug-likeness (QED) is 0.261. The van der Waals surface area contributed by atoms with Crippen LogP contribution in [-0.2, 0) is 21.9 Å². The van der Waals surface area contributed by atoms with E-state index in [1.807, 2.05) is 39.7 Å². The molecule has 1 aliphatic rings. The average Bonchev–Trinajstić information content (AvgIpc) is 3.76. The van der Waals surface area contributed by atoms with Gasteiger partial charge in [0.15, 0.2) is 5.03 Å². The molecule has 1 saturated heterocycles. The zero-order valence-corrected chi connectivity index (χ0v) is 24.5. The standard InChI is InChI=1S/C29H29F3N8O3S/c1-37-12-10-28(36-37)44(42,43)38-13-8-23(9-14-38)40-18-21(17-34-40)20-5-6-26-25(15-20)33-19-39(26)24-4-2-3-22(16-24)35-27(41)7-11-29(30,31)32/h2-6,10,12,15-19,23H,7-9,11,13-14H2,1H3,(H,35,41). The molecule has 0 saturated carbocycles. The Labute approximate surface area is 251 Å². The molecular formula is C29H29F3N8O3S. The molecule has 230 valence electrons. The van der Waals surface area contributed by atoms with Crippen LogP contribution in [0.3, 0.4) is 0 Å². The molecule has 4 heterocycles. The molecule has 1 aliphatic heterocycles. The van der Waals surface area contributed by atoms with Gasteiger partial charge >= 0.3 is 6.18 Å². The van der Waals surface area contributed by atoms with Crippen molar-refractivity contribution in [1.29, 1.82) is 0 Å². The Morgan fingerprint density at radius 1 is 1.07 bits per heavy atom. The molecule has 0 bridgehead atoms. The predicted octanol–water partition coefficient (Wildman–Crippen LogP) is 4.93. The fraction of sp³-hybridized carbons (Fsp3) is 0.310. The SMILES string of the molecule is Cn1ccc(S(=O)(=O)N2CCC(n3cc(-c4ccc5c(c4)ncn5-c4cccc(NC(=O)CCC(F)(F)F)c4)cn3)CC2)n1. The minimum absolute atomic E-state index is 0.0528. The summed E-state index contributed by atoms with van der Waals surface area (Å²) in [5.74, 6) is -0.708. The first-order valence-corrected chi connectivity index (χ1v) is 15.4. The van der Waals surface area contributed by atoms with E-state index in [-0.39, 0.29) is 11.1 Å². The third-order valence-corrected chi connectivity index (χ3v) is 9.41. The van der Waals surface area contributed by atoms with Crippen LogP contribution in [-0.4, -0.2) is 67.0 Å². The van der Waals surface area contributed by atoms with Crippen LogP contribution < -0.4 is 5.32 Å². The van der Waals surface area contributed by atoms with Crippen LogP contribution in [0, 0.1) is 0 Å². The van der Waals surface area contributed by atoms with E-state index in [2.05, 4.69) is 20.5 Å². The molecule has 0 unspecified atom stereocenters. The lowest BCUT2D eigenvalue weighted by Gasteiger charge is -2.30. The predicted molar refractivity (Wildman–Crippen MR) is 156 cm³/mol. The van der Waals surface area contributed by atoms with Crippen LogP contribution in [0.5, 0.6) is 0 Å². The Balaban J connectivity index is 1.13. The summed E-state index contributed by atoms with van der Waals surface area (Å²) < 4.78 is 69.9. The second-order valence-corrected chi connectivity index (χ2v) is 12.6. The number of anilines is 1. The van der Waals surface area contributed by atoms with Crippen molar-refractivity contribution in [3.63, 3.8) is 0 Å². The molecule has 6 rings (SSSR count). The molecule has 15 heteroatoms. The van der Waals surface area contributed by atoms with Crippen LogP contribution in [0.15, 0.2) is 78.5 Å². The molecule has 1 fully saturated rings. The van der Waals surface area contributed by atoms with Gasteiger partial charge in [-0.15, -0.1) is 0 Å².